The predicted octanol–water partition coefficient (Wildman–Crippen LogP) is 4.34. The summed E-state index contributed by atoms with van der Waals surface area (Å²) < 4.78 is 0. The van der Waals surface area contributed by atoms with Crippen LogP contribution in [0.4, 0.5) is 11.4 Å². The molecule has 0 aliphatic carbocycles. The molecular weight excluding hydrogens is 356 g/mol. The normalized spacial score (nSPS) is 18.3. The lowest BCUT2D eigenvalue weighted by molar-refractivity contribution is -0.116. The summed E-state index contributed by atoms with van der Waals surface area (Å²) in [6.45, 7) is 3.65. The van der Waals surface area contributed by atoms with E-state index in [0.717, 1.165) is 16.8 Å². The van der Waals surface area contributed by atoms with Gasteiger partial charge in [-0.1, -0.05) is 29.8 Å². The number of hydrogen-bond acceptors (Lipinski definition) is 3. The topological polar surface area (TPSA) is 49.4 Å². The first-order chi connectivity index (χ1) is 12.0. The van der Waals surface area contributed by atoms with Crippen LogP contribution in [0.15, 0.2) is 48.5 Å². The molecule has 0 radical (unpaired) electrons. The van der Waals surface area contributed by atoms with Gasteiger partial charge in [-0.3, -0.25) is 14.5 Å². The average Bonchev–Trinajstić information content (AvgIpc) is 2.97. The van der Waals surface area contributed by atoms with Crippen molar-refractivity contribution in [1.82, 2.24) is 0 Å². The van der Waals surface area contributed by atoms with Gasteiger partial charge in [0.15, 0.2) is 0 Å². The highest BCUT2D eigenvalue weighted by Crippen LogP contribution is 2.42. The van der Waals surface area contributed by atoms with Crippen molar-refractivity contribution in [3.63, 3.8) is 0 Å². The summed E-state index contributed by atoms with van der Waals surface area (Å²) in [6, 6.07) is 15.5. The molecule has 0 spiro atoms. The molecule has 25 heavy (non-hydrogen) atoms. The summed E-state index contributed by atoms with van der Waals surface area (Å²) in [7, 11) is 0. The van der Waals surface area contributed by atoms with Crippen LogP contribution in [0.5, 0.6) is 0 Å². The van der Waals surface area contributed by atoms with Crippen molar-refractivity contribution in [3.8, 4) is 0 Å². The molecule has 6 heteroatoms. The lowest BCUT2D eigenvalue weighted by Crippen LogP contribution is -2.27. The fraction of sp³-hybridized carbons (Fsp3) is 0.263. The Morgan fingerprint density at radius 1 is 1.28 bits per heavy atom. The molecule has 1 heterocycles. The number of nitrogens with zero attached hydrogens (tertiary/aromatic N) is 1. The highest BCUT2D eigenvalue weighted by atomic mass is 35.5. The Labute approximate surface area is 156 Å². The number of carbonyl (C=O) groups excluding carboxylic acids is 2. The maximum Gasteiger partial charge on any atom is 0.242 e. The van der Waals surface area contributed by atoms with E-state index in [2.05, 4.69) is 5.32 Å². The van der Waals surface area contributed by atoms with Crippen LogP contribution in [0, 0.1) is 6.92 Å². The van der Waals surface area contributed by atoms with Gasteiger partial charge in [-0.2, -0.15) is 0 Å². The number of halogens is 1. The molecule has 2 aromatic carbocycles. The Kier molecular flexibility index (Phi) is 5.35. The maximum atomic E-state index is 12.4. The minimum absolute atomic E-state index is 0.0858. The molecule has 2 aromatic rings. The fourth-order valence-electron chi connectivity index (χ4n) is 2.67. The first-order valence-corrected chi connectivity index (χ1v) is 9.49. The molecule has 1 saturated heterocycles. The zero-order valence-corrected chi connectivity index (χ0v) is 15.6. The Morgan fingerprint density at radius 3 is 2.68 bits per heavy atom. The molecular formula is C19H19ClN2O2S. The second-order valence-corrected chi connectivity index (χ2v) is 7.72. The third-order valence-corrected chi connectivity index (χ3v) is 5.39. The van der Waals surface area contributed by atoms with E-state index in [-0.39, 0.29) is 17.2 Å². The van der Waals surface area contributed by atoms with Crippen LogP contribution < -0.4 is 10.2 Å². The number of aryl methyl sites for hydroxylation is 1. The van der Waals surface area contributed by atoms with Crippen LogP contribution in [0.25, 0.3) is 0 Å². The van der Waals surface area contributed by atoms with Gasteiger partial charge in [-0.25, -0.2) is 0 Å². The van der Waals surface area contributed by atoms with Crippen molar-refractivity contribution in [2.24, 2.45) is 0 Å². The molecule has 0 aromatic heterocycles. The van der Waals surface area contributed by atoms with Crippen molar-refractivity contribution < 1.29 is 9.59 Å². The van der Waals surface area contributed by atoms with Gasteiger partial charge in [0.25, 0.3) is 0 Å². The zero-order valence-electron chi connectivity index (χ0n) is 14.0. The fourth-order valence-corrected chi connectivity index (χ4v) is 3.89. The molecule has 3 rings (SSSR count). The van der Waals surface area contributed by atoms with Crippen LogP contribution >= 0.6 is 23.4 Å². The number of alkyl halides is 1. The highest BCUT2D eigenvalue weighted by molar-refractivity contribution is 8.00. The van der Waals surface area contributed by atoms with Crippen molar-refractivity contribution >= 4 is 46.6 Å². The van der Waals surface area contributed by atoms with Crippen molar-refractivity contribution in [1.29, 1.82) is 0 Å². The van der Waals surface area contributed by atoms with Gasteiger partial charge in [0.1, 0.15) is 10.8 Å². The summed E-state index contributed by atoms with van der Waals surface area (Å²) in [6.07, 6.45) is 0. The standard InChI is InChI=1S/C19H19ClN2O2S/c1-12-6-8-16(9-7-12)22-17(23)11-25-19(22)14-4-3-5-15(10-14)21-18(24)13(2)20/h3-10,13,19H,11H2,1-2H3,(H,21,24)/t13-,19-/m0/s1. The lowest BCUT2D eigenvalue weighted by Gasteiger charge is -2.25. The highest BCUT2D eigenvalue weighted by Gasteiger charge is 2.34. The lowest BCUT2D eigenvalue weighted by atomic mass is 10.1. The van der Waals surface area contributed by atoms with E-state index >= 15 is 0 Å². The summed E-state index contributed by atoms with van der Waals surface area (Å²) in [5.41, 5.74) is 3.68. The molecule has 2 amide bonds. The van der Waals surface area contributed by atoms with E-state index in [1.807, 2.05) is 60.4 Å². The number of thioether (sulfide) groups is 1. The summed E-state index contributed by atoms with van der Waals surface area (Å²) in [5.74, 6) is 0.278. The zero-order chi connectivity index (χ0) is 18.0. The summed E-state index contributed by atoms with van der Waals surface area (Å²) in [5, 5.41) is 2.08. The van der Waals surface area contributed by atoms with Gasteiger partial charge >= 0.3 is 0 Å². The molecule has 1 fully saturated rings. The maximum absolute atomic E-state index is 12.4. The Balaban J connectivity index is 1.88. The Bertz CT molecular complexity index is 792. The Morgan fingerprint density at radius 2 is 2.00 bits per heavy atom. The molecule has 0 unspecified atom stereocenters. The van der Waals surface area contributed by atoms with E-state index in [0.29, 0.717) is 11.4 Å². The first-order valence-electron chi connectivity index (χ1n) is 8.01. The van der Waals surface area contributed by atoms with Crippen LogP contribution in [0.1, 0.15) is 23.4 Å². The van der Waals surface area contributed by atoms with Gasteiger partial charge in [-0.15, -0.1) is 23.4 Å². The van der Waals surface area contributed by atoms with Crippen molar-refractivity contribution in [2.75, 3.05) is 16.0 Å². The predicted molar refractivity (Wildman–Crippen MR) is 104 cm³/mol. The van der Waals surface area contributed by atoms with Crippen LogP contribution in [0.2, 0.25) is 0 Å². The van der Waals surface area contributed by atoms with Gasteiger partial charge in [0.2, 0.25) is 11.8 Å². The number of carbonyl (C=O) groups is 2. The number of hydrogen-bond donors (Lipinski definition) is 1. The average molecular weight is 375 g/mol. The van der Waals surface area contributed by atoms with Crippen LogP contribution in [0.3, 0.4) is 0 Å². The van der Waals surface area contributed by atoms with Gasteiger partial charge in [0.05, 0.1) is 5.75 Å². The number of rotatable bonds is 4. The van der Waals surface area contributed by atoms with E-state index in [1.165, 1.54) is 0 Å². The van der Waals surface area contributed by atoms with E-state index < -0.39 is 5.38 Å². The second kappa shape index (κ2) is 7.50. The number of nitrogens with one attached hydrogen (secondary N) is 1. The van der Waals surface area contributed by atoms with Crippen LogP contribution in [-0.4, -0.2) is 22.9 Å². The molecule has 1 aliphatic heterocycles. The Hall–Kier alpha value is -1.98. The van der Waals surface area contributed by atoms with Crippen molar-refractivity contribution in [2.45, 2.75) is 24.6 Å². The molecule has 0 saturated carbocycles. The SMILES string of the molecule is Cc1ccc(N2C(=O)CS[C@H]2c2cccc(NC(=O)[C@H](C)Cl)c2)cc1. The van der Waals surface area contributed by atoms with E-state index in [4.69, 9.17) is 11.6 Å². The smallest absolute Gasteiger partial charge is 0.242 e. The summed E-state index contributed by atoms with van der Waals surface area (Å²) >= 11 is 7.39. The minimum Gasteiger partial charge on any atom is -0.325 e. The molecule has 130 valence electrons. The third-order valence-electron chi connectivity index (χ3n) is 3.98. The van der Waals surface area contributed by atoms with Crippen LogP contribution in [-0.2, 0) is 9.59 Å². The quantitative estimate of drug-likeness (QED) is 0.810. The molecule has 1 N–H and O–H groups in total. The third kappa shape index (κ3) is 3.99. The number of benzene rings is 2. The largest absolute Gasteiger partial charge is 0.325 e. The second-order valence-electron chi connectivity index (χ2n) is 5.99. The molecule has 4 nitrogen and oxygen atoms in total. The summed E-state index contributed by atoms with van der Waals surface area (Å²) in [4.78, 5) is 26.0. The number of amides is 2. The van der Waals surface area contributed by atoms with Gasteiger partial charge in [0, 0.05) is 11.4 Å². The minimum atomic E-state index is -0.602. The molecule has 2 atom stereocenters. The van der Waals surface area contributed by atoms with E-state index in [9.17, 15) is 9.59 Å². The molecule has 0 bridgehead atoms. The van der Waals surface area contributed by atoms with Crippen molar-refractivity contribution in [3.05, 3.63) is 59.7 Å². The van der Waals surface area contributed by atoms with E-state index in [1.54, 1.807) is 18.7 Å². The van der Waals surface area contributed by atoms with Gasteiger partial charge in [-0.05, 0) is 43.7 Å². The molecule has 1 aliphatic rings. The monoisotopic (exact) mass is 374 g/mol. The van der Waals surface area contributed by atoms with Gasteiger partial charge < -0.3 is 5.32 Å². The number of anilines is 2. The first kappa shape index (κ1) is 17.8.